The average molecular weight is 462 g/mol. The molecule has 2 aliphatic rings. The number of nitro benzene ring substituents is 1. The van der Waals surface area contributed by atoms with Crippen LogP contribution >= 0.6 is 0 Å². The van der Waals surface area contributed by atoms with Gasteiger partial charge in [0.05, 0.1) is 22.0 Å². The number of halogens is 3. The molecule has 2 aromatic rings. The maximum Gasteiger partial charge on any atom is 0.416 e. The van der Waals surface area contributed by atoms with Crippen molar-refractivity contribution in [2.75, 3.05) is 0 Å². The molecule has 1 amide bonds. The summed E-state index contributed by atoms with van der Waals surface area (Å²) >= 11 is 0. The summed E-state index contributed by atoms with van der Waals surface area (Å²) in [5, 5.41) is 21.0. The number of alkyl halides is 3. The van der Waals surface area contributed by atoms with E-state index in [1.54, 1.807) is 13.0 Å². The maximum atomic E-state index is 13.0. The average Bonchev–Trinajstić information content (AvgIpc) is 3.21. The van der Waals surface area contributed by atoms with Crippen molar-refractivity contribution in [3.05, 3.63) is 75.7 Å². The van der Waals surface area contributed by atoms with Crippen LogP contribution in [0.15, 0.2) is 58.7 Å². The zero-order chi connectivity index (χ0) is 24.1. The number of nitrogens with zero attached hydrogens (tertiary/aromatic N) is 2. The van der Waals surface area contributed by atoms with E-state index in [-0.39, 0.29) is 29.3 Å². The van der Waals surface area contributed by atoms with Gasteiger partial charge >= 0.3 is 12.3 Å². The standard InChI is InChI=1S/C22H17F3N2O6/c1-11-9-14(20-15(26(11)21(29)30)3-2-4-17(20)28)19-8-7-18(33-19)13-6-5-12(22(23,24)25)10-16(13)27(31)32/h2-8,10-11,14,20H,9H2,1H3,(H,29,30). The molecule has 3 atom stereocenters. The van der Waals surface area contributed by atoms with E-state index in [0.29, 0.717) is 11.8 Å². The lowest BCUT2D eigenvalue weighted by atomic mass is 9.74. The summed E-state index contributed by atoms with van der Waals surface area (Å²) in [6, 6.07) is 4.57. The number of fused-ring (bicyclic) bond motifs is 1. The molecule has 33 heavy (non-hydrogen) atoms. The normalized spacial score (nSPS) is 22.7. The fourth-order valence-corrected chi connectivity index (χ4v) is 4.44. The van der Waals surface area contributed by atoms with Gasteiger partial charge in [-0.25, -0.2) is 4.79 Å². The Balaban J connectivity index is 1.74. The largest absolute Gasteiger partial charge is 0.465 e. The molecule has 2 heterocycles. The lowest BCUT2D eigenvalue weighted by molar-refractivity contribution is -0.384. The Labute approximate surface area is 184 Å². The highest BCUT2D eigenvalue weighted by Crippen LogP contribution is 2.46. The first-order valence-electron chi connectivity index (χ1n) is 9.89. The SMILES string of the molecule is CC1CC(c2ccc(-c3ccc(C(F)(F)F)cc3[N+](=O)[O-])o2)C2C(=O)C=CC=C2N1C(=O)O. The Morgan fingerprint density at radius 2 is 2.00 bits per heavy atom. The minimum Gasteiger partial charge on any atom is -0.465 e. The number of amides is 1. The number of carbonyl (C=O) groups excluding carboxylic acids is 1. The van der Waals surface area contributed by atoms with Crippen LogP contribution in [-0.2, 0) is 11.0 Å². The van der Waals surface area contributed by atoms with Crippen LogP contribution in [0.4, 0.5) is 23.7 Å². The van der Waals surface area contributed by atoms with Crippen LogP contribution in [-0.4, -0.2) is 32.8 Å². The number of carboxylic acid groups (broad SMARTS) is 1. The van der Waals surface area contributed by atoms with E-state index in [0.717, 1.165) is 17.0 Å². The van der Waals surface area contributed by atoms with Gasteiger partial charge in [0.15, 0.2) is 5.78 Å². The van der Waals surface area contributed by atoms with Crippen LogP contribution in [0.25, 0.3) is 11.3 Å². The van der Waals surface area contributed by atoms with Crippen LogP contribution in [0.5, 0.6) is 0 Å². The molecule has 1 fully saturated rings. The molecular formula is C22H17F3N2O6. The second-order valence-corrected chi connectivity index (χ2v) is 7.86. The number of hydrogen-bond acceptors (Lipinski definition) is 5. The monoisotopic (exact) mass is 462 g/mol. The molecule has 1 aliphatic heterocycles. The molecule has 11 heteroatoms. The van der Waals surface area contributed by atoms with Crippen molar-refractivity contribution in [1.82, 2.24) is 4.90 Å². The molecule has 1 aromatic heterocycles. The Hall–Kier alpha value is -3.89. The number of likely N-dealkylation sites (tertiary alicyclic amines) is 1. The smallest absolute Gasteiger partial charge is 0.416 e. The summed E-state index contributed by atoms with van der Waals surface area (Å²) in [5.74, 6) is -1.43. The van der Waals surface area contributed by atoms with E-state index in [1.807, 2.05) is 0 Å². The van der Waals surface area contributed by atoms with Gasteiger partial charge in [-0.2, -0.15) is 13.2 Å². The minimum absolute atomic E-state index is 0.0249. The molecule has 0 saturated carbocycles. The van der Waals surface area contributed by atoms with Gasteiger partial charge in [-0.15, -0.1) is 0 Å². The van der Waals surface area contributed by atoms with E-state index in [1.165, 1.54) is 24.3 Å². The Bertz CT molecular complexity index is 1210. The van der Waals surface area contributed by atoms with Crippen molar-refractivity contribution in [3.63, 3.8) is 0 Å². The quantitative estimate of drug-likeness (QED) is 0.485. The third kappa shape index (κ3) is 3.90. The molecule has 8 nitrogen and oxygen atoms in total. The summed E-state index contributed by atoms with van der Waals surface area (Å²) < 4.78 is 44.8. The first-order valence-corrected chi connectivity index (χ1v) is 9.89. The molecule has 1 aliphatic carbocycles. The first-order chi connectivity index (χ1) is 15.5. The lowest BCUT2D eigenvalue weighted by Crippen LogP contribution is -2.48. The van der Waals surface area contributed by atoms with Gasteiger partial charge in [-0.3, -0.25) is 19.8 Å². The summed E-state index contributed by atoms with van der Waals surface area (Å²) in [6.45, 7) is 1.69. The Morgan fingerprint density at radius 1 is 1.27 bits per heavy atom. The summed E-state index contributed by atoms with van der Waals surface area (Å²) in [7, 11) is 0. The predicted octanol–water partition coefficient (Wildman–Crippen LogP) is 5.37. The fourth-order valence-electron chi connectivity index (χ4n) is 4.44. The second-order valence-electron chi connectivity index (χ2n) is 7.86. The Kier molecular flexibility index (Phi) is 5.35. The molecule has 0 radical (unpaired) electrons. The summed E-state index contributed by atoms with van der Waals surface area (Å²) in [4.78, 5) is 36.0. The number of allylic oxidation sites excluding steroid dienone is 4. The predicted molar refractivity (Wildman–Crippen MR) is 108 cm³/mol. The van der Waals surface area contributed by atoms with Gasteiger partial charge in [-0.1, -0.05) is 6.08 Å². The lowest BCUT2D eigenvalue weighted by Gasteiger charge is -2.42. The van der Waals surface area contributed by atoms with Gasteiger partial charge in [0.1, 0.15) is 11.5 Å². The number of piperidine rings is 1. The third-order valence-electron chi connectivity index (χ3n) is 5.85. The molecule has 1 aromatic carbocycles. The summed E-state index contributed by atoms with van der Waals surface area (Å²) in [5.41, 5.74) is -1.76. The van der Waals surface area contributed by atoms with Gasteiger partial charge in [0.2, 0.25) is 0 Å². The number of rotatable bonds is 3. The van der Waals surface area contributed by atoms with Crippen LogP contribution in [0, 0.1) is 16.0 Å². The molecule has 172 valence electrons. The van der Waals surface area contributed by atoms with E-state index in [9.17, 15) is 38.0 Å². The maximum absolute atomic E-state index is 13.0. The molecule has 4 rings (SSSR count). The van der Waals surface area contributed by atoms with E-state index in [2.05, 4.69) is 0 Å². The fraction of sp³-hybridized carbons (Fsp3) is 0.273. The van der Waals surface area contributed by atoms with Crippen molar-refractivity contribution < 1.29 is 37.2 Å². The first kappa shape index (κ1) is 22.3. The van der Waals surface area contributed by atoms with Gasteiger partial charge in [-0.05, 0) is 49.8 Å². The highest BCUT2D eigenvalue weighted by atomic mass is 19.4. The number of carbonyl (C=O) groups is 2. The van der Waals surface area contributed by atoms with E-state index < -0.39 is 46.3 Å². The van der Waals surface area contributed by atoms with Crippen LogP contribution in [0.2, 0.25) is 0 Å². The molecule has 1 N–H and O–H groups in total. The number of hydrogen-bond donors (Lipinski definition) is 1. The van der Waals surface area contributed by atoms with Crippen molar-refractivity contribution in [2.24, 2.45) is 5.92 Å². The van der Waals surface area contributed by atoms with Crippen molar-refractivity contribution in [2.45, 2.75) is 31.5 Å². The van der Waals surface area contributed by atoms with E-state index >= 15 is 0 Å². The highest BCUT2D eigenvalue weighted by Gasteiger charge is 2.45. The van der Waals surface area contributed by atoms with E-state index in [4.69, 9.17) is 4.42 Å². The van der Waals surface area contributed by atoms with Crippen molar-refractivity contribution in [1.29, 1.82) is 0 Å². The molecule has 1 saturated heterocycles. The Morgan fingerprint density at radius 3 is 2.64 bits per heavy atom. The zero-order valence-corrected chi connectivity index (χ0v) is 17.1. The highest BCUT2D eigenvalue weighted by molar-refractivity contribution is 5.97. The van der Waals surface area contributed by atoms with Crippen LogP contribution < -0.4 is 0 Å². The van der Waals surface area contributed by atoms with Gasteiger partial charge in [0, 0.05) is 23.7 Å². The molecular weight excluding hydrogens is 445 g/mol. The third-order valence-corrected chi connectivity index (χ3v) is 5.85. The van der Waals surface area contributed by atoms with Crippen molar-refractivity contribution >= 4 is 17.6 Å². The topological polar surface area (TPSA) is 114 Å². The second kappa shape index (κ2) is 7.91. The van der Waals surface area contributed by atoms with Crippen LogP contribution in [0.1, 0.15) is 30.6 Å². The van der Waals surface area contributed by atoms with Gasteiger partial charge < -0.3 is 9.52 Å². The summed E-state index contributed by atoms with van der Waals surface area (Å²) in [6.07, 6.45) is -1.34. The molecule has 0 spiro atoms. The van der Waals surface area contributed by atoms with Gasteiger partial charge in [0.25, 0.3) is 5.69 Å². The number of furan rings is 1. The number of benzene rings is 1. The van der Waals surface area contributed by atoms with Crippen LogP contribution in [0.3, 0.4) is 0 Å². The molecule has 0 bridgehead atoms. The molecule has 3 unspecified atom stereocenters. The zero-order valence-electron chi connectivity index (χ0n) is 17.1. The van der Waals surface area contributed by atoms with Crippen molar-refractivity contribution in [3.8, 4) is 11.3 Å². The number of nitro groups is 1. The minimum atomic E-state index is -4.75. The number of ketones is 1.